The molecule has 0 fully saturated rings. The molecule has 160 valence electrons. The van der Waals surface area contributed by atoms with Crippen LogP contribution >= 0.6 is 11.6 Å². The van der Waals surface area contributed by atoms with Gasteiger partial charge in [0.25, 0.3) is 0 Å². The lowest BCUT2D eigenvalue weighted by molar-refractivity contribution is -0.136. The molecule has 0 saturated carbocycles. The number of amides is 2. The Morgan fingerprint density at radius 2 is 1.97 bits per heavy atom. The van der Waals surface area contributed by atoms with Gasteiger partial charge in [-0.15, -0.1) is 0 Å². The third-order valence-electron chi connectivity index (χ3n) is 5.31. The van der Waals surface area contributed by atoms with Crippen LogP contribution < -0.4 is 20.3 Å². The van der Waals surface area contributed by atoms with E-state index in [4.69, 9.17) is 16.3 Å². The molecule has 0 saturated heterocycles. The van der Waals surface area contributed by atoms with E-state index in [0.717, 1.165) is 18.5 Å². The van der Waals surface area contributed by atoms with Crippen LogP contribution in [0.4, 0.5) is 11.4 Å². The number of likely N-dealkylation sites (N-methyl/N-ethyl adjacent to an activating group) is 2. The Balaban J connectivity index is 1.66. The van der Waals surface area contributed by atoms with Crippen LogP contribution in [0, 0.1) is 0 Å². The van der Waals surface area contributed by atoms with Gasteiger partial charge in [0.1, 0.15) is 5.75 Å². The summed E-state index contributed by atoms with van der Waals surface area (Å²) >= 11 is 5.98. The van der Waals surface area contributed by atoms with Crippen molar-refractivity contribution in [1.29, 1.82) is 0 Å². The van der Waals surface area contributed by atoms with Crippen molar-refractivity contribution in [2.24, 2.45) is 0 Å². The molecule has 0 aliphatic carbocycles. The lowest BCUT2D eigenvalue weighted by Crippen LogP contribution is -2.40. The molecule has 0 radical (unpaired) electrons. The monoisotopic (exact) mass is 430 g/mol. The molecule has 1 aliphatic heterocycles. The van der Waals surface area contributed by atoms with Gasteiger partial charge in [-0.3, -0.25) is 9.59 Å². The third-order valence-corrected chi connectivity index (χ3v) is 5.55. The Morgan fingerprint density at radius 3 is 2.67 bits per heavy atom. The van der Waals surface area contributed by atoms with Gasteiger partial charge in [0.2, 0.25) is 0 Å². The summed E-state index contributed by atoms with van der Waals surface area (Å²) in [6.07, 6.45) is 1.01. The standard InChI is InChI=1S/C22H27ClN4O3/c1-26(2)19(14-5-7-18-15(11-14)9-10-27(18)3)13-24-21(28)22(29)25-17-12-16(23)6-8-20(17)30-4/h5-8,11-12,19H,9-10,13H2,1-4H3,(H,24,28)(H,25,29)/t19-/m1/s1. The number of nitrogens with one attached hydrogen (secondary N) is 2. The minimum Gasteiger partial charge on any atom is -0.495 e. The van der Waals surface area contributed by atoms with Crippen molar-refractivity contribution < 1.29 is 14.3 Å². The lowest BCUT2D eigenvalue weighted by atomic mass is 10.0. The van der Waals surface area contributed by atoms with E-state index in [0.29, 0.717) is 23.0 Å². The summed E-state index contributed by atoms with van der Waals surface area (Å²) in [6.45, 7) is 1.32. The van der Waals surface area contributed by atoms with E-state index in [-0.39, 0.29) is 6.04 Å². The van der Waals surface area contributed by atoms with Crippen LogP contribution in [0.2, 0.25) is 5.02 Å². The molecule has 3 rings (SSSR count). The van der Waals surface area contributed by atoms with Crippen molar-refractivity contribution in [1.82, 2.24) is 10.2 Å². The van der Waals surface area contributed by atoms with Crippen molar-refractivity contribution in [2.75, 3.05) is 51.6 Å². The molecule has 0 bridgehead atoms. The molecule has 0 aromatic heterocycles. The van der Waals surface area contributed by atoms with Gasteiger partial charge in [-0.2, -0.15) is 0 Å². The summed E-state index contributed by atoms with van der Waals surface area (Å²) < 4.78 is 5.20. The summed E-state index contributed by atoms with van der Waals surface area (Å²) in [5.41, 5.74) is 4.00. The van der Waals surface area contributed by atoms with Crippen LogP contribution in [0.5, 0.6) is 5.75 Å². The van der Waals surface area contributed by atoms with Gasteiger partial charge in [-0.1, -0.05) is 23.7 Å². The number of ether oxygens (including phenoxy) is 1. The zero-order valence-electron chi connectivity index (χ0n) is 17.7. The molecule has 30 heavy (non-hydrogen) atoms. The highest BCUT2D eigenvalue weighted by molar-refractivity contribution is 6.40. The molecule has 2 amide bonds. The Bertz CT molecular complexity index is 948. The van der Waals surface area contributed by atoms with Gasteiger partial charge in [-0.05, 0) is 55.9 Å². The number of fused-ring (bicyclic) bond motifs is 1. The predicted octanol–water partition coefficient (Wildman–Crippen LogP) is 2.70. The second-order valence-electron chi connectivity index (χ2n) is 7.55. The van der Waals surface area contributed by atoms with E-state index in [9.17, 15) is 9.59 Å². The predicted molar refractivity (Wildman–Crippen MR) is 119 cm³/mol. The number of rotatable bonds is 6. The number of hydrogen-bond donors (Lipinski definition) is 2. The van der Waals surface area contributed by atoms with E-state index in [1.54, 1.807) is 12.1 Å². The maximum absolute atomic E-state index is 12.4. The first-order chi connectivity index (χ1) is 14.3. The van der Waals surface area contributed by atoms with Crippen LogP contribution in [-0.2, 0) is 16.0 Å². The summed E-state index contributed by atoms with van der Waals surface area (Å²) in [5.74, 6) is -1.07. The second-order valence-corrected chi connectivity index (χ2v) is 7.98. The quantitative estimate of drug-likeness (QED) is 0.689. The van der Waals surface area contributed by atoms with Crippen molar-refractivity contribution in [2.45, 2.75) is 12.5 Å². The van der Waals surface area contributed by atoms with E-state index in [2.05, 4.69) is 40.8 Å². The van der Waals surface area contributed by atoms with Crippen LogP contribution in [-0.4, -0.2) is 58.1 Å². The maximum atomic E-state index is 12.4. The average Bonchev–Trinajstić information content (AvgIpc) is 3.08. The largest absolute Gasteiger partial charge is 0.495 e. The van der Waals surface area contributed by atoms with Crippen molar-refractivity contribution in [3.8, 4) is 5.75 Å². The summed E-state index contributed by atoms with van der Waals surface area (Å²) in [7, 11) is 7.47. The van der Waals surface area contributed by atoms with E-state index < -0.39 is 11.8 Å². The molecule has 0 spiro atoms. The van der Waals surface area contributed by atoms with Crippen molar-refractivity contribution in [3.63, 3.8) is 0 Å². The molecule has 2 aromatic rings. The van der Waals surface area contributed by atoms with E-state index >= 15 is 0 Å². The molecule has 2 aromatic carbocycles. The minimum atomic E-state index is -0.774. The Hall–Kier alpha value is -2.77. The number of methoxy groups -OCH3 is 1. The minimum absolute atomic E-state index is 0.0568. The van der Waals surface area contributed by atoms with Gasteiger partial charge in [0, 0.05) is 30.8 Å². The number of halogens is 1. The number of nitrogens with zero attached hydrogens (tertiary/aromatic N) is 2. The average molecular weight is 431 g/mol. The van der Waals surface area contributed by atoms with Crippen LogP contribution in [0.15, 0.2) is 36.4 Å². The third kappa shape index (κ3) is 4.86. The molecule has 1 aliphatic rings. The Kier molecular flexibility index (Phi) is 6.84. The topological polar surface area (TPSA) is 73.9 Å². The molecular formula is C22H27ClN4O3. The molecule has 0 unspecified atom stereocenters. The number of carbonyl (C=O) groups excluding carboxylic acids is 2. The first-order valence-electron chi connectivity index (χ1n) is 9.73. The molecule has 8 heteroatoms. The summed E-state index contributed by atoms with van der Waals surface area (Å²) in [6, 6.07) is 11.1. The van der Waals surface area contributed by atoms with Gasteiger partial charge in [0.15, 0.2) is 0 Å². The van der Waals surface area contributed by atoms with Gasteiger partial charge < -0.3 is 25.2 Å². The molecule has 7 nitrogen and oxygen atoms in total. The molecule has 1 heterocycles. The fourth-order valence-corrected chi connectivity index (χ4v) is 3.79. The fourth-order valence-electron chi connectivity index (χ4n) is 3.62. The highest BCUT2D eigenvalue weighted by Gasteiger charge is 2.22. The number of carbonyl (C=O) groups is 2. The first kappa shape index (κ1) is 21.9. The molecule has 2 N–H and O–H groups in total. The number of hydrogen-bond acceptors (Lipinski definition) is 5. The van der Waals surface area contributed by atoms with Crippen molar-refractivity contribution in [3.05, 3.63) is 52.5 Å². The van der Waals surface area contributed by atoms with Crippen LogP contribution in [0.25, 0.3) is 0 Å². The first-order valence-corrected chi connectivity index (χ1v) is 10.1. The number of anilines is 2. The molecular weight excluding hydrogens is 404 g/mol. The highest BCUT2D eigenvalue weighted by Crippen LogP contribution is 2.30. The van der Waals surface area contributed by atoms with E-state index in [1.165, 1.54) is 24.4 Å². The zero-order chi connectivity index (χ0) is 21.8. The maximum Gasteiger partial charge on any atom is 0.313 e. The van der Waals surface area contributed by atoms with Crippen LogP contribution in [0.1, 0.15) is 17.2 Å². The van der Waals surface area contributed by atoms with E-state index in [1.807, 2.05) is 19.0 Å². The SMILES string of the molecule is COc1ccc(Cl)cc1NC(=O)C(=O)NC[C@H](c1ccc2c(c1)CCN2C)N(C)C. The second kappa shape index (κ2) is 9.36. The lowest BCUT2D eigenvalue weighted by Gasteiger charge is -2.26. The molecule has 1 atom stereocenters. The fraction of sp³-hybridized carbons (Fsp3) is 0.364. The Labute approximate surface area is 181 Å². The van der Waals surface area contributed by atoms with Gasteiger partial charge >= 0.3 is 11.8 Å². The van der Waals surface area contributed by atoms with Crippen molar-refractivity contribution >= 4 is 34.8 Å². The highest BCUT2D eigenvalue weighted by atomic mass is 35.5. The normalized spacial score (nSPS) is 13.7. The summed E-state index contributed by atoms with van der Waals surface area (Å²) in [5, 5.41) is 5.72. The Morgan fingerprint density at radius 1 is 1.20 bits per heavy atom. The van der Waals surface area contributed by atoms with Gasteiger partial charge in [0.05, 0.1) is 18.8 Å². The van der Waals surface area contributed by atoms with Gasteiger partial charge in [-0.25, -0.2) is 0 Å². The zero-order valence-corrected chi connectivity index (χ0v) is 18.4. The smallest absolute Gasteiger partial charge is 0.313 e. The number of benzene rings is 2. The van der Waals surface area contributed by atoms with Crippen LogP contribution in [0.3, 0.4) is 0 Å². The summed E-state index contributed by atoms with van der Waals surface area (Å²) in [4.78, 5) is 29.0.